The maximum Gasteiger partial charge on any atom is 0.247 e. The minimum Gasteiger partial charge on any atom is -0.306 e. The molecule has 4 aromatic heterocycles. The Balaban J connectivity index is 1.36. The van der Waals surface area contributed by atoms with E-state index < -0.39 is 0 Å². The van der Waals surface area contributed by atoms with Gasteiger partial charge in [-0.05, 0) is 36.6 Å². The molecule has 5 aromatic rings. The molecule has 172 valence electrons. The van der Waals surface area contributed by atoms with E-state index in [2.05, 4.69) is 26.6 Å². The van der Waals surface area contributed by atoms with Gasteiger partial charge in [-0.1, -0.05) is 46.9 Å². The van der Waals surface area contributed by atoms with Crippen LogP contribution in [0.3, 0.4) is 0 Å². The zero-order valence-electron chi connectivity index (χ0n) is 17.8. The smallest absolute Gasteiger partial charge is 0.247 e. The highest BCUT2D eigenvalue weighted by Crippen LogP contribution is 2.33. The van der Waals surface area contributed by atoms with Crippen LogP contribution in [0, 0.1) is 6.92 Å². The molecule has 0 saturated heterocycles. The van der Waals surface area contributed by atoms with E-state index >= 15 is 0 Å². The van der Waals surface area contributed by atoms with Gasteiger partial charge in [0.2, 0.25) is 5.91 Å². The summed E-state index contributed by atoms with van der Waals surface area (Å²) in [5.41, 5.74) is 3.21. The quantitative estimate of drug-likeness (QED) is 0.278. The van der Waals surface area contributed by atoms with Gasteiger partial charge in [0.15, 0.2) is 11.5 Å². The molecule has 0 fully saturated rings. The molecule has 0 aliphatic carbocycles. The molecule has 0 unspecified atom stereocenters. The molecule has 4 heterocycles. The molecule has 34 heavy (non-hydrogen) atoms. The molecular formula is C23H17Cl3N6OS. The van der Waals surface area contributed by atoms with Crippen LogP contribution in [-0.2, 0) is 17.9 Å². The number of nitrogens with one attached hydrogen (secondary N) is 1. The predicted octanol–water partition coefficient (Wildman–Crippen LogP) is 6.31. The minimum absolute atomic E-state index is 0.0369. The first-order valence-corrected chi connectivity index (χ1v) is 12.2. The van der Waals surface area contributed by atoms with Crippen molar-refractivity contribution in [1.82, 2.24) is 24.5 Å². The number of hydrogen-bond acceptors (Lipinski definition) is 5. The van der Waals surface area contributed by atoms with Gasteiger partial charge in [-0.15, -0.1) is 11.3 Å². The summed E-state index contributed by atoms with van der Waals surface area (Å²) in [5, 5.41) is 16.0. The number of aromatic nitrogens is 5. The van der Waals surface area contributed by atoms with Crippen molar-refractivity contribution >= 4 is 68.9 Å². The van der Waals surface area contributed by atoms with Gasteiger partial charge in [-0.3, -0.25) is 9.48 Å². The number of anilines is 1. The fourth-order valence-electron chi connectivity index (χ4n) is 3.74. The molecule has 0 aliphatic rings. The lowest BCUT2D eigenvalue weighted by atomic mass is 10.1. The van der Waals surface area contributed by atoms with Gasteiger partial charge in [0, 0.05) is 38.4 Å². The fourth-order valence-corrected chi connectivity index (χ4v) is 5.22. The maximum absolute atomic E-state index is 12.8. The molecule has 1 amide bonds. The van der Waals surface area contributed by atoms with E-state index in [4.69, 9.17) is 34.8 Å². The molecule has 7 nitrogen and oxygen atoms in total. The molecule has 1 aromatic carbocycles. The van der Waals surface area contributed by atoms with Crippen molar-refractivity contribution in [2.24, 2.45) is 0 Å². The Labute approximate surface area is 213 Å². The lowest BCUT2D eigenvalue weighted by Gasteiger charge is -2.07. The second-order valence-corrected chi connectivity index (χ2v) is 9.72. The summed E-state index contributed by atoms with van der Waals surface area (Å²) < 4.78 is 3.17. The fraction of sp³-hybridized carbons (Fsp3) is 0.130. The molecule has 0 saturated carbocycles. The number of aryl methyl sites for hydroxylation is 1. The Morgan fingerprint density at radius 1 is 1.06 bits per heavy atom. The van der Waals surface area contributed by atoms with Crippen molar-refractivity contribution in [2.45, 2.75) is 20.0 Å². The van der Waals surface area contributed by atoms with Gasteiger partial charge in [0.05, 0.1) is 17.6 Å². The largest absolute Gasteiger partial charge is 0.306 e. The van der Waals surface area contributed by atoms with Gasteiger partial charge in [-0.2, -0.15) is 10.2 Å². The first-order chi connectivity index (χ1) is 16.4. The van der Waals surface area contributed by atoms with E-state index in [0.29, 0.717) is 32.8 Å². The van der Waals surface area contributed by atoms with Crippen molar-refractivity contribution < 1.29 is 4.79 Å². The van der Waals surface area contributed by atoms with E-state index in [1.165, 1.54) is 0 Å². The average Bonchev–Trinajstić information content (AvgIpc) is 3.52. The van der Waals surface area contributed by atoms with Crippen LogP contribution >= 0.6 is 46.1 Å². The summed E-state index contributed by atoms with van der Waals surface area (Å²) in [7, 11) is 0. The normalized spacial score (nSPS) is 11.3. The first-order valence-electron chi connectivity index (χ1n) is 10.2. The second kappa shape index (κ2) is 9.38. The molecule has 0 radical (unpaired) electrons. The van der Waals surface area contributed by atoms with Crippen LogP contribution in [0.1, 0.15) is 11.3 Å². The minimum atomic E-state index is -0.323. The van der Waals surface area contributed by atoms with Gasteiger partial charge >= 0.3 is 0 Å². The summed E-state index contributed by atoms with van der Waals surface area (Å²) in [5.74, 6) is -0.0779. The number of amides is 1. The van der Waals surface area contributed by atoms with Crippen molar-refractivity contribution in [3.05, 3.63) is 80.5 Å². The lowest BCUT2D eigenvalue weighted by Crippen LogP contribution is -2.20. The SMILES string of the molecule is Cc1nn(CC(=O)Nc2nn(Cc3c(Cl)cccc3Cl)cc2Cl)c2nccc(-c3cccs3)c12. The molecular weight excluding hydrogens is 515 g/mol. The van der Waals surface area contributed by atoms with Gasteiger partial charge in [-0.25, -0.2) is 9.67 Å². The summed E-state index contributed by atoms with van der Waals surface area (Å²) >= 11 is 20.5. The zero-order valence-corrected chi connectivity index (χ0v) is 20.9. The number of thiophene rings is 1. The summed E-state index contributed by atoms with van der Waals surface area (Å²) in [6.45, 7) is 2.19. The number of fused-ring (bicyclic) bond motifs is 1. The Bertz CT molecular complexity index is 1490. The van der Waals surface area contributed by atoms with Gasteiger partial charge in [0.1, 0.15) is 11.6 Å². The van der Waals surface area contributed by atoms with Crippen LogP contribution in [0.5, 0.6) is 0 Å². The molecule has 0 aliphatic heterocycles. The molecule has 1 N–H and O–H groups in total. The molecule has 0 bridgehead atoms. The standard InChI is InChI=1S/C23H17Cl3N6OS/c1-13-21-14(19-6-3-9-34-19)7-8-27-23(21)32(29-13)12-20(33)28-22-18(26)11-31(30-22)10-15-16(24)4-2-5-17(15)25/h2-9,11H,10,12H2,1H3,(H,28,30,33). The summed E-state index contributed by atoms with van der Waals surface area (Å²) in [4.78, 5) is 18.4. The van der Waals surface area contributed by atoms with Crippen LogP contribution in [0.15, 0.2) is 54.2 Å². The van der Waals surface area contributed by atoms with E-state index in [1.54, 1.807) is 51.3 Å². The summed E-state index contributed by atoms with van der Waals surface area (Å²) in [6, 6.07) is 11.3. The number of benzene rings is 1. The Hall–Kier alpha value is -2.91. The number of rotatable bonds is 6. The third kappa shape index (κ3) is 4.42. The summed E-state index contributed by atoms with van der Waals surface area (Å²) in [6.07, 6.45) is 3.34. The number of carbonyl (C=O) groups excluding carboxylic acids is 1. The van der Waals surface area contributed by atoms with E-state index in [9.17, 15) is 4.79 Å². The van der Waals surface area contributed by atoms with Crippen molar-refractivity contribution in [3.8, 4) is 10.4 Å². The lowest BCUT2D eigenvalue weighted by molar-refractivity contribution is -0.116. The van der Waals surface area contributed by atoms with Crippen LogP contribution in [-0.4, -0.2) is 30.5 Å². The van der Waals surface area contributed by atoms with Crippen LogP contribution in [0.2, 0.25) is 15.1 Å². The molecule has 11 heteroatoms. The molecule has 0 atom stereocenters. The Morgan fingerprint density at radius 2 is 1.85 bits per heavy atom. The zero-order chi connectivity index (χ0) is 23.8. The Kier molecular flexibility index (Phi) is 6.31. The third-order valence-corrected chi connectivity index (χ3v) is 7.13. The van der Waals surface area contributed by atoms with E-state index in [1.807, 2.05) is 24.4 Å². The van der Waals surface area contributed by atoms with E-state index in [0.717, 1.165) is 21.5 Å². The third-order valence-electron chi connectivity index (χ3n) is 5.24. The van der Waals surface area contributed by atoms with Crippen molar-refractivity contribution in [2.75, 3.05) is 5.32 Å². The first kappa shape index (κ1) is 22.9. The van der Waals surface area contributed by atoms with Crippen LogP contribution < -0.4 is 5.32 Å². The highest BCUT2D eigenvalue weighted by molar-refractivity contribution is 7.13. The molecule has 5 rings (SSSR count). The predicted molar refractivity (Wildman–Crippen MR) is 137 cm³/mol. The van der Waals surface area contributed by atoms with Crippen LogP contribution in [0.25, 0.3) is 21.5 Å². The van der Waals surface area contributed by atoms with Gasteiger partial charge in [0.25, 0.3) is 0 Å². The van der Waals surface area contributed by atoms with Gasteiger partial charge < -0.3 is 5.32 Å². The number of hydrogen-bond donors (Lipinski definition) is 1. The van der Waals surface area contributed by atoms with E-state index in [-0.39, 0.29) is 18.3 Å². The topological polar surface area (TPSA) is 77.6 Å². The number of carbonyl (C=O) groups is 1. The molecule has 0 spiro atoms. The second-order valence-electron chi connectivity index (χ2n) is 7.55. The number of halogens is 3. The number of nitrogens with zero attached hydrogens (tertiary/aromatic N) is 5. The highest BCUT2D eigenvalue weighted by Gasteiger charge is 2.18. The van der Waals surface area contributed by atoms with Crippen molar-refractivity contribution in [1.29, 1.82) is 0 Å². The average molecular weight is 532 g/mol. The van der Waals surface area contributed by atoms with Crippen molar-refractivity contribution in [3.63, 3.8) is 0 Å². The van der Waals surface area contributed by atoms with Crippen LogP contribution in [0.4, 0.5) is 5.82 Å². The Morgan fingerprint density at radius 3 is 2.59 bits per heavy atom. The maximum atomic E-state index is 12.8. The highest BCUT2D eigenvalue weighted by atomic mass is 35.5. The monoisotopic (exact) mass is 530 g/mol. The number of pyridine rings is 1.